The van der Waals surface area contributed by atoms with Gasteiger partial charge in [0.25, 0.3) is 5.91 Å². The van der Waals surface area contributed by atoms with Gasteiger partial charge in [-0.1, -0.05) is 45.3 Å². The first kappa shape index (κ1) is 18.2. The molecule has 2 aromatic rings. The molecule has 4 rings (SSSR count). The molecule has 0 bridgehead atoms. The Morgan fingerprint density at radius 1 is 1.15 bits per heavy atom. The molecule has 140 valence electrons. The summed E-state index contributed by atoms with van der Waals surface area (Å²) >= 11 is 3.49. The van der Waals surface area contributed by atoms with Crippen molar-refractivity contribution in [1.29, 1.82) is 0 Å². The first-order valence-corrected chi connectivity index (χ1v) is 9.91. The van der Waals surface area contributed by atoms with E-state index in [9.17, 15) is 4.79 Å². The largest absolute Gasteiger partial charge is 0.338 e. The maximum atomic E-state index is 12.9. The van der Waals surface area contributed by atoms with Crippen molar-refractivity contribution in [3.05, 3.63) is 69.2 Å². The summed E-state index contributed by atoms with van der Waals surface area (Å²) in [5.41, 5.74) is 6.35. The topological polar surface area (TPSA) is 53.9 Å². The van der Waals surface area contributed by atoms with Crippen LogP contribution >= 0.6 is 15.9 Å². The Morgan fingerprint density at radius 2 is 1.85 bits per heavy atom. The molecule has 0 radical (unpaired) electrons. The van der Waals surface area contributed by atoms with Gasteiger partial charge < -0.3 is 4.90 Å². The lowest BCUT2D eigenvalue weighted by molar-refractivity contribution is -0.0849. The smallest absolute Gasteiger partial charge is 0.253 e. The van der Waals surface area contributed by atoms with Gasteiger partial charge in [-0.05, 0) is 38.1 Å². The summed E-state index contributed by atoms with van der Waals surface area (Å²) in [5, 5.41) is 0. The Hall–Kier alpha value is -2.18. The molecular weight excluding hydrogens is 406 g/mol. The number of benzene rings is 2. The van der Waals surface area contributed by atoms with E-state index in [0.29, 0.717) is 25.9 Å². The molecule has 1 amide bonds. The fraction of sp³-hybridized carbons (Fsp3) is 0.333. The molecule has 2 aliphatic rings. The van der Waals surface area contributed by atoms with Crippen LogP contribution in [0, 0.1) is 13.8 Å². The van der Waals surface area contributed by atoms with Crippen molar-refractivity contribution >= 4 is 27.7 Å². The number of hydrogen-bond acceptors (Lipinski definition) is 4. The highest BCUT2D eigenvalue weighted by molar-refractivity contribution is 9.10. The summed E-state index contributed by atoms with van der Waals surface area (Å²) < 4.78 is 0.999. The highest BCUT2D eigenvalue weighted by Gasteiger charge is 2.41. The summed E-state index contributed by atoms with van der Waals surface area (Å²) in [7, 11) is 0. The number of rotatable bonds is 2. The van der Waals surface area contributed by atoms with Crippen molar-refractivity contribution in [3.8, 4) is 0 Å². The molecule has 5 nitrogen and oxygen atoms in total. The number of nitrogens with zero attached hydrogens (tertiary/aromatic N) is 2. The van der Waals surface area contributed by atoms with Gasteiger partial charge in [0.2, 0.25) is 0 Å². The van der Waals surface area contributed by atoms with Crippen LogP contribution in [-0.4, -0.2) is 35.5 Å². The van der Waals surface area contributed by atoms with Crippen LogP contribution < -0.4 is 5.48 Å². The molecule has 1 N–H and O–H groups in total. The number of nitrogens with one attached hydrogen (secondary N) is 1. The second kappa shape index (κ2) is 7.09. The predicted molar refractivity (Wildman–Crippen MR) is 109 cm³/mol. The Morgan fingerprint density at radius 3 is 2.52 bits per heavy atom. The third-order valence-electron chi connectivity index (χ3n) is 5.05. The van der Waals surface area contributed by atoms with Crippen molar-refractivity contribution in [2.24, 2.45) is 4.99 Å². The SMILES string of the molecule is Cc1cc(C)cc(C(=O)N2CCC3(CC2)N=C(c2cccc(Br)c2)NO3)c1. The van der Waals surface area contributed by atoms with Gasteiger partial charge in [-0.25, -0.2) is 15.3 Å². The fourth-order valence-corrected chi connectivity index (χ4v) is 4.11. The maximum absolute atomic E-state index is 12.9. The molecule has 0 atom stereocenters. The Kier molecular flexibility index (Phi) is 4.78. The number of carbonyl (C=O) groups is 1. The number of likely N-dealkylation sites (tertiary alicyclic amines) is 1. The van der Waals surface area contributed by atoms with Crippen LogP contribution in [0.2, 0.25) is 0 Å². The van der Waals surface area contributed by atoms with Gasteiger partial charge in [0.05, 0.1) is 0 Å². The van der Waals surface area contributed by atoms with Crippen LogP contribution in [0.25, 0.3) is 0 Å². The number of aryl methyl sites for hydroxylation is 2. The number of amidine groups is 1. The molecule has 27 heavy (non-hydrogen) atoms. The van der Waals surface area contributed by atoms with E-state index in [1.54, 1.807) is 0 Å². The molecule has 0 aromatic heterocycles. The van der Waals surface area contributed by atoms with Gasteiger partial charge in [-0.3, -0.25) is 4.79 Å². The molecular formula is C21H22BrN3O2. The lowest BCUT2D eigenvalue weighted by atomic mass is 9.99. The van der Waals surface area contributed by atoms with E-state index in [0.717, 1.165) is 32.6 Å². The van der Waals surface area contributed by atoms with Gasteiger partial charge in [0.15, 0.2) is 11.6 Å². The minimum absolute atomic E-state index is 0.0822. The Labute approximate surface area is 167 Å². The first-order chi connectivity index (χ1) is 12.9. The molecule has 1 saturated heterocycles. The minimum Gasteiger partial charge on any atom is -0.338 e. The lowest BCUT2D eigenvalue weighted by Gasteiger charge is -2.35. The average molecular weight is 428 g/mol. The number of hydroxylamine groups is 1. The number of amides is 1. The molecule has 0 saturated carbocycles. The summed E-state index contributed by atoms with van der Waals surface area (Å²) in [5.74, 6) is 0.823. The van der Waals surface area contributed by atoms with Crippen molar-refractivity contribution in [2.45, 2.75) is 32.4 Å². The van der Waals surface area contributed by atoms with Gasteiger partial charge in [0, 0.05) is 41.5 Å². The molecule has 2 aromatic carbocycles. The quantitative estimate of drug-likeness (QED) is 0.788. The summed E-state index contributed by atoms with van der Waals surface area (Å²) in [4.78, 5) is 25.4. The number of carbonyl (C=O) groups excluding carboxylic acids is 1. The summed E-state index contributed by atoms with van der Waals surface area (Å²) in [6.07, 6.45) is 1.35. The molecule has 6 heteroatoms. The van der Waals surface area contributed by atoms with Gasteiger partial charge in [-0.15, -0.1) is 0 Å². The maximum Gasteiger partial charge on any atom is 0.253 e. The van der Waals surface area contributed by atoms with E-state index in [-0.39, 0.29) is 5.91 Å². The van der Waals surface area contributed by atoms with Crippen LogP contribution in [0.15, 0.2) is 51.9 Å². The Balaban J connectivity index is 1.46. The average Bonchev–Trinajstić information content (AvgIpc) is 3.05. The predicted octanol–water partition coefficient (Wildman–Crippen LogP) is 3.98. The number of hydrogen-bond donors (Lipinski definition) is 1. The first-order valence-electron chi connectivity index (χ1n) is 9.12. The van der Waals surface area contributed by atoms with E-state index >= 15 is 0 Å². The fourth-order valence-electron chi connectivity index (χ4n) is 3.71. The number of aliphatic imine (C=N–C) groups is 1. The molecule has 2 aliphatic heterocycles. The monoisotopic (exact) mass is 427 g/mol. The Bertz CT molecular complexity index is 897. The number of piperidine rings is 1. The van der Waals surface area contributed by atoms with E-state index in [1.807, 2.05) is 55.1 Å². The van der Waals surface area contributed by atoms with Gasteiger partial charge >= 0.3 is 0 Å². The molecule has 2 heterocycles. The van der Waals surface area contributed by atoms with E-state index in [2.05, 4.69) is 27.5 Å². The lowest BCUT2D eigenvalue weighted by Crippen LogP contribution is -2.46. The molecule has 1 spiro atoms. The van der Waals surface area contributed by atoms with E-state index < -0.39 is 5.72 Å². The van der Waals surface area contributed by atoms with Crippen molar-refractivity contribution < 1.29 is 9.63 Å². The zero-order valence-electron chi connectivity index (χ0n) is 15.5. The van der Waals surface area contributed by atoms with Gasteiger partial charge in [-0.2, -0.15) is 0 Å². The van der Waals surface area contributed by atoms with Crippen LogP contribution in [-0.2, 0) is 4.84 Å². The summed E-state index contributed by atoms with van der Waals surface area (Å²) in [6.45, 7) is 5.29. The zero-order valence-corrected chi connectivity index (χ0v) is 17.0. The summed E-state index contributed by atoms with van der Waals surface area (Å²) in [6, 6.07) is 13.9. The second-order valence-electron chi connectivity index (χ2n) is 7.29. The van der Waals surface area contributed by atoms with Gasteiger partial charge in [0.1, 0.15) is 0 Å². The standard InChI is InChI=1S/C21H22BrN3O2/c1-14-10-15(2)12-17(11-14)20(26)25-8-6-21(7-9-25)23-19(24-27-21)16-4-3-5-18(22)13-16/h3-5,10-13H,6-9H2,1-2H3,(H,23,24). The normalized spacial score (nSPS) is 18.3. The molecule has 1 fully saturated rings. The minimum atomic E-state index is -0.586. The highest BCUT2D eigenvalue weighted by atomic mass is 79.9. The van der Waals surface area contributed by atoms with E-state index in [4.69, 9.17) is 9.83 Å². The molecule has 0 aliphatic carbocycles. The van der Waals surface area contributed by atoms with Crippen LogP contribution in [0.4, 0.5) is 0 Å². The van der Waals surface area contributed by atoms with E-state index in [1.165, 1.54) is 0 Å². The van der Waals surface area contributed by atoms with Crippen molar-refractivity contribution in [3.63, 3.8) is 0 Å². The third-order valence-corrected chi connectivity index (χ3v) is 5.55. The second-order valence-corrected chi connectivity index (χ2v) is 8.21. The zero-order chi connectivity index (χ0) is 19.0. The van der Waals surface area contributed by atoms with Crippen LogP contribution in [0.1, 0.15) is 39.9 Å². The van der Waals surface area contributed by atoms with Crippen LogP contribution in [0.5, 0.6) is 0 Å². The third kappa shape index (κ3) is 3.77. The highest BCUT2D eigenvalue weighted by Crippen LogP contribution is 2.32. The van der Waals surface area contributed by atoms with Crippen molar-refractivity contribution in [2.75, 3.05) is 13.1 Å². The molecule has 0 unspecified atom stereocenters. The van der Waals surface area contributed by atoms with Crippen LogP contribution in [0.3, 0.4) is 0 Å². The number of halogens is 1. The van der Waals surface area contributed by atoms with Crippen molar-refractivity contribution in [1.82, 2.24) is 10.4 Å².